The van der Waals surface area contributed by atoms with E-state index in [1.807, 2.05) is 7.05 Å². The molecule has 2 rings (SSSR count). The number of nitrogens with zero attached hydrogens (tertiary/aromatic N) is 4. The molecule has 0 saturated carbocycles. The first kappa shape index (κ1) is 9.08. The van der Waals surface area contributed by atoms with Crippen LogP contribution in [0, 0.1) is 0 Å². The van der Waals surface area contributed by atoms with Gasteiger partial charge in [0.2, 0.25) is 0 Å². The summed E-state index contributed by atoms with van der Waals surface area (Å²) in [5.41, 5.74) is 1.65. The van der Waals surface area contributed by atoms with E-state index in [1.165, 1.54) is 6.33 Å². The molecule has 0 saturated heterocycles. The van der Waals surface area contributed by atoms with Crippen molar-refractivity contribution in [1.82, 2.24) is 19.7 Å². The summed E-state index contributed by atoms with van der Waals surface area (Å²) in [5, 5.41) is 14.3. The lowest BCUT2D eigenvalue weighted by molar-refractivity contribution is 0.194. The molecule has 74 valence electrons. The largest absolute Gasteiger partial charge is 0.393 e. The van der Waals surface area contributed by atoms with Crippen molar-refractivity contribution < 1.29 is 5.11 Å². The van der Waals surface area contributed by atoms with Gasteiger partial charge in [-0.3, -0.25) is 4.68 Å². The lowest BCUT2D eigenvalue weighted by Gasteiger charge is -2.03. The van der Waals surface area contributed by atoms with Crippen LogP contribution in [-0.4, -0.2) is 31.0 Å². The van der Waals surface area contributed by atoms with Crippen molar-refractivity contribution in [2.24, 2.45) is 7.05 Å². The SMILES string of the molecule is CC(O)Cc1ncnc2c1cnn2C. The fourth-order valence-electron chi connectivity index (χ4n) is 1.45. The molecule has 0 aliphatic carbocycles. The number of aryl methyl sites for hydroxylation is 1. The molecule has 5 heteroatoms. The van der Waals surface area contributed by atoms with Crippen molar-refractivity contribution in [3.8, 4) is 0 Å². The van der Waals surface area contributed by atoms with Crippen molar-refractivity contribution in [2.45, 2.75) is 19.4 Å². The second-order valence-corrected chi connectivity index (χ2v) is 3.38. The number of hydrogen-bond acceptors (Lipinski definition) is 4. The molecular weight excluding hydrogens is 180 g/mol. The lowest BCUT2D eigenvalue weighted by Crippen LogP contribution is -2.06. The van der Waals surface area contributed by atoms with Crippen LogP contribution in [0.25, 0.3) is 11.0 Å². The molecular formula is C9H12N4O. The number of aliphatic hydroxyl groups is 1. The first-order valence-electron chi connectivity index (χ1n) is 4.48. The highest BCUT2D eigenvalue weighted by Crippen LogP contribution is 2.14. The normalized spacial score (nSPS) is 13.4. The maximum Gasteiger partial charge on any atom is 0.161 e. The van der Waals surface area contributed by atoms with Gasteiger partial charge in [-0.25, -0.2) is 9.97 Å². The van der Waals surface area contributed by atoms with Gasteiger partial charge in [0, 0.05) is 13.5 Å². The van der Waals surface area contributed by atoms with E-state index >= 15 is 0 Å². The van der Waals surface area contributed by atoms with Crippen molar-refractivity contribution in [3.05, 3.63) is 18.2 Å². The molecule has 1 N–H and O–H groups in total. The molecule has 0 aliphatic rings. The van der Waals surface area contributed by atoms with Crippen molar-refractivity contribution >= 4 is 11.0 Å². The molecule has 0 bridgehead atoms. The van der Waals surface area contributed by atoms with Gasteiger partial charge in [0.05, 0.1) is 23.4 Å². The molecule has 5 nitrogen and oxygen atoms in total. The van der Waals surface area contributed by atoms with Crippen LogP contribution in [-0.2, 0) is 13.5 Å². The van der Waals surface area contributed by atoms with E-state index in [2.05, 4.69) is 15.1 Å². The first-order valence-corrected chi connectivity index (χ1v) is 4.48. The minimum absolute atomic E-state index is 0.395. The molecule has 2 aromatic heterocycles. The molecule has 0 aliphatic heterocycles. The monoisotopic (exact) mass is 192 g/mol. The van der Waals surface area contributed by atoms with E-state index in [0.717, 1.165) is 16.7 Å². The van der Waals surface area contributed by atoms with Crippen LogP contribution in [0.4, 0.5) is 0 Å². The number of aromatic nitrogens is 4. The van der Waals surface area contributed by atoms with Crippen LogP contribution < -0.4 is 0 Å². The van der Waals surface area contributed by atoms with Gasteiger partial charge in [-0.1, -0.05) is 0 Å². The third-order valence-electron chi connectivity index (χ3n) is 2.10. The highest BCUT2D eigenvalue weighted by molar-refractivity contribution is 5.76. The van der Waals surface area contributed by atoms with Gasteiger partial charge in [0.15, 0.2) is 5.65 Å². The molecule has 14 heavy (non-hydrogen) atoms. The number of aliphatic hydroxyl groups excluding tert-OH is 1. The molecule has 2 heterocycles. The van der Waals surface area contributed by atoms with E-state index in [1.54, 1.807) is 17.8 Å². The highest BCUT2D eigenvalue weighted by Gasteiger charge is 2.09. The number of rotatable bonds is 2. The molecule has 0 radical (unpaired) electrons. The fourth-order valence-corrected chi connectivity index (χ4v) is 1.45. The van der Waals surface area contributed by atoms with Gasteiger partial charge < -0.3 is 5.11 Å². The molecule has 1 atom stereocenters. The molecule has 0 spiro atoms. The average molecular weight is 192 g/mol. The second kappa shape index (κ2) is 3.34. The minimum atomic E-state index is -0.395. The molecule has 0 amide bonds. The predicted octanol–water partition coefficient (Wildman–Crippen LogP) is 0.287. The van der Waals surface area contributed by atoms with E-state index in [4.69, 9.17) is 0 Å². The number of hydrogen-bond donors (Lipinski definition) is 1. The third kappa shape index (κ3) is 1.46. The van der Waals surface area contributed by atoms with E-state index in [9.17, 15) is 5.11 Å². The summed E-state index contributed by atoms with van der Waals surface area (Å²) in [6.07, 6.45) is 3.37. The maximum atomic E-state index is 9.28. The quantitative estimate of drug-likeness (QED) is 0.742. The van der Waals surface area contributed by atoms with E-state index < -0.39 is 6.10 Å². The Kier molecular flexibility index (Phi) is 2.17. The van der Waals surface area contributed by atoms with E-state index in [-0.39, 0.29) is 0 Å². The Balaban J connectivity index is 2.54. The molecule has 2 aromatic rings. The summed E-state index contributed by atoms with van der Waals surface area (Å²) in [4.78, 5) is 8.25. The zero-order valence-electron chi connectivity index (χ0n) is 8.18. The van der Waals surface area contributed by atoms with E-state index in [0.29, 0.717) is 6.42 Å². The number of fused-ring (bicyclic) bond motifs is 1. The Labute approximate surface area is 81.4 Å². The summed E-state index contributed by atoms with van der Waals surface area (Å²) in [6.45, 7) is 1.74. The van der Waals surface area contributed by atoms with Crippen molar-refractivity contribution in [3.63, 3.8) is 0 Å². The Morgan fingerprint density at radius 1 is 1.50 bits per heavy atom. The van der Waals surface area contributed by atoms with Crippen LogP contribution >= 0.6 is 0 Å². The van der Waals surface area contributed by atoms with Crippen LogP contribution in [0.3, 0.4) is 0 Å². The summed E-state index contributed by atoms with van der Waals surface area (Å²) in [7, 11) is 1.83. The highest BCUT2D eigenvalue weighted by atomic mass is 16.3. The van der Waals surface area contributed by atoms with Gasteiger partial charge in [-0.2, -0.15) is 5.10 Å². The Hall–Kier alpha value is -1.49. The van der Waals surface area contributed by atoms with Gasteiger partial charge in [-0.05, 0) is 6.92 Å². The fraction of sp³-hybridized carbons (Fsp3) is 0.444. The Morgan fingerprint density at radius 3 is 3.00 bits per heavy atom. The second-order valence-electron chi connectivity index (χ2n) is 3.38. The zero-order valence-corrected chi connectivity index (χ0v) is 8.18. The molecule has 0 aromatic carbocycles. The zero-order chi connectivity index (χ0) is 10.1. The minimum Gasteiger partial charge on any atom is -0.393 e. The summed E-state index contributed by atoms with van der Waals surface area (Å²) in [6, 6.07) is 0. The Morgan fingerprint density at radius 2 is 2.29 bits per heavy atom. The van der Waals surface area contributed by atoms with Crippen molar-refractivity contribution in [2.75, 3.05) is 0 Å². The average Bonchev–Trinajstić information content (AvgIpc) is 2.49. The van der Waals surface area contributed by atoms with Gasteiger partial charge in [0.1, 0.15) is 6.33 Å². The third-order valence-corrected chi connectivity index (χ3v) is 2.10. The standard InChI is InChI=1S/C9H12N4O/c1-6(14)3-8-7-4-12-13(2)9(7)11-5-10-8/h4-6,14H,3H2,1-2H3. The maximum absolute atomic E-state index is 9.28. The van der Waals surface area contributed by atoms with Crippen LogP contribution in [0.2, 0.25) is 0 Å². The predicted molar refractivity (Wildman–Crippen MR) is 51.7 cm³/mol. The van der Waals surface area contributed by atoms with Gasteiger partial charge >= 0.3 is 0 Å². The van der Waals surface area contributed by atoms with Gasteiger partial charge in [-0.15, -0.1) is 0 Å². The lowest BCUT2D eigenvalue weighted by atomic mass is 10.2. The van der Waals surface area contributed by atoms with Crippen LogP contribution in [0.1, 0.15) is 12.6 Å². The molecule has 1 unspecified atom stereocenters. The molecule has 0 fully saturated rings. The van der Waals surface area contributed by atoms with Gasteiger partial charge in [0.25, 0.3) is 0 Å². The first-order chi connectivity index (χ1) is 6.68. The summed E-state index contributed by atoms with van der Waals surface area (Å²) < 4.78 is 1.70. The van der Waals surface area contributed by atoms with Crippen molar-refractivity contribution in [1.29, 1.82) is 0 Å². The Bertz CT molecular complexity index is 449. The summed E-state index contributed by atoms with van der Waals surface area (Å²) >= 11 is 0. The topological polar surface area (TPSA) is 63.8 Å². The summed E-state index contributed by atoms with van der Waals surface area (Å²) in [5.74, 6) is 0. The van der Waals surface area contributed by atoms with Crippen LogP contribution in [0.15, 0.2) is 12.5 Å². The smallest absolute Gasteiger partial charge is 0.161 e. The van der Waals surface area contributed by atoms with Crippen LogP contribution in [0.5, 0.6) is 0 Å².